The summed E-state index contributed by atoms with van der Waals surface area (Å²) >= 11 is 0. The van der Waals surface area contributed by atoms with E-state index in [1.54, 1.807) is 22.5 Å². The van der Waals surface area contributed by atoms with Crippen LogP contribution in [0.3, 0.4) is 0 Å². The van der Waals surface area contributed by atoms with E-state index in [1.165, 1.54) is 12.1 Å². The van der Waals surface area contributed by atoms with Gasteiger partial charge in [0.1, 0.15) is 0 Å². The van der Waals surface area contributed by atoms with Gasteiger partial charge >= 0.3 is 0 Å². The van der Waals surface area contributed by atoms with Gasteiger partial charge in [-0.3, -0.25) is 19.6 Å². The summed E-state index contributed by atoms with van der Waals surface area (Å²) in [5, 5.41) is 13.6. The summed E-state index contributed by atoms with van der Waals surface area (Å²) in [6.45, 7) is 0.405. The van der Waals surface area contributed by atoms with Crippen molar-refractivity contribution >= 4 is 27.4 Å². The molecule has 0 spiro atoms. The number of non-ortho nitro benzene ring substituents is 1. The molecule has 0 bridgehead atoms. The van der Waals surface area contributed by atoms with E-state index >= 15 is 0 Å². The van der Waals surface area contributed by atoms with Crippen LogP contribution in [0.4, 0.5) is 5.69 Å². The number of aromatic nitrogens is 2. The van der Waals surface area contributed by atoms with Gasteiger partial charge in [-0.15, -0.1) is 0 Å². The minimum absolute atomic E-state index is 0.0759. The maximum atomic E-state index is 12.7. The largest absolute Gasteiger partial charge is 0.285 e. The molecule has 6 heteroatoms. The Morgan fingerprint density at radius 2 is 1.76 bits per heavy atom. The molecule has 0 saturated heterocycles. The number of benzene rings is 3. The maximum Gasteiger partial charge on any atom is 0.275 e. The molecular weight excluding hydrogens is 318 g/mol. The quantitative estimate of drug-likeness (QED) is 0.426. The molecule has 0 amide bonds. The maximum absolute atomic E-state index is 12.7. The fraction of sp³-hybridized carbons (Fsp3) is 0.105. The second-order valence-corrected chi connectivity index (χ2v) is 6.03. The second kappa shape index (κ2) is 5.59. The molecule has 124 valence electrons. The van der Waals surface area contributed by atoms with Crippen LogP contribution in [-0.4, -0.2) is 14.3 Å². The van der Waals surface area contributed by atoms with E-state index in [-0.39, 0.29) is 11.2 Å². The summed E-state index contributed by atoms with van der Waals surface area (Å²) in [5.41, 5.74) is 1.38. The highest BCUT2D eigenvalue weighted by atomic mass is 16.6. The van der Waals surface area contributed by atoms with Crippen molar-refractivity contribution in [1.29, 1.82) is 0 Å². The van der Waals surface area contributed by atoms with Crippen LogP contribution in [0.15, 0.2) is 65.5 Å². The fourth-order valence-electron chi connectivity index (χ4n) is 3.18. The third kappa shape index (κ3) is 2.48. The van der Waals surface area contributed by atoms with Gasteiger partial charge in [-0.05, 0) is 28.5 Å². The number of nitro benzene ring substituents is 1. The third-order valence-corrected chi connectivity index (χ3v) is 4.51. The average Bonchev–Trinajstić information content (AvgIpc) is 2.86. The molecule has 4 rings (SSSR count). The van der Waals surface area contributed by atoms with Crippen LogP contribution in [0, 0.1) is 10.1 Å². The normalized spacial score (nSPS) is 11.2. The SMILES string of the molecule is Cn1c2ccc([N+](=O)[O-])cc2c(=O)n1Cc1ccc2ccccc2c1. The lowest BCUT2D eigenvalue weighted by molar-refractivity contribution is -0.384. The molecule has 4 aromatic rings. The van der Waals surface area contributed by atoms with Crippen LogP contribution in [0.25, 0.3) is 21.7 Å². The van der Waals surface area contributed by atoms with Crippen molar-refractivity contribution in [2.75, 3.05) is 0 Å². The Labute approximate surface area is 142 Å². The van der Waals surface area contributed by atoms with E-state index in [1.807, 2.05) is 36.4 Å². The summed E-state index contributed by atoms with van der Waals surface area (Å²) in [7, 11) is 1.79. The Kier molecular flexibility index (Phi) is 3.39. The number of aryl methyl sites for hydroxylation is 1. The monoisotopic (exact) mass is 333 g/mol. The molecule has 0 atom stereocenters. The fourth-order valence-corrected chi connectivity index (χ4v) is 3.18. The van der Waals surface area contributed by atoms with Gasteiger partial charge in [0.05, 0.1) is 22.4 Å². The zero-order valence-corrected chi connectivity index (χ0v) is 13.5. The predicted molar refractivity (Wildman–Crippen MR) is 96.9 cm³/mol. The standard InChI is InChI=1S/C19H15N3O3/c1-20-18-9-8-16(22(24)25)11-17(18)19(23)21(20)12-13-6-7-14-4-2-3-5-15(14)10-13/h2-11H,12H2,1H3. The first-order valence-corrected chi connectivity index (χ1v) is 7.86. The van der Waals surface area contributed by atoms with Crippen LogP contribution in [-0.2, 0) is 13.6 Å². The molecule has 1 heterocycles. The summed E-state index contributed by atoms with van der Waals surface area (Å²) in [5.74, 6) is 0. The number of nitrogens with zero attached hydrogens (tertiary/aromatic N) is 3. The van der Waals surface area contributed by atoms with Crippen LogP contribution >= 0.6 is 0 Å². The van der Waals surface area contributed by atoms with Crippen LogP contribution < -0.4 is 5.56 Å². The molecule has 0 aliphatic carbocycles. The number of fused-ring (bicyclic) bond motifs is 2. The molecule has 0 N–H and O–H groups in total. The average molecular weight is 333 g/mol. The van der Waals surface area contributed by atoms with Crippen molar-refractivity contribution in [3.8, 4) is 0 Å². The van der Waals surface area contributed by atoms with Crippen molar-refractivity contribution < 1.29 is 4.92 Å². The van der Waals surface area contributed by atoms with Gasteiger partial charge < -0.3 is 0 Å². The molecule has 3 aromatic carbocycles. The summed E-state index contributed by atoms with van der Waals surface area (Å²) in [6, 6.07) is 18.5. The van der Waals surface area contributed by atoms with E-state index < -0.39 is 4.92 Å². The molecule has 0 saturated carbocycles. The van der Waals surface area contributed by atoms with Crippen molar-refractivity contribution in [3.05, 3.63) is 86.7 Å². The highest BCUT2D eigenvalue weighted by Gasteiger charge is 2.15. The Balaban J connectivity index is 1.82. The lowest BCUT2D eigenvalue weighted by atomic mass is 10.1. The smallest absolute Gasteiger partial charge is 0.275 e. The van der Waals surface area contributed by atoms with Crippen molar-refractivity contribution in [1.82, 2.24) is 9.36 Å². The first kappa shape index (κ1) is 15.1. The molecular formula is C19H15N3O3. The van der Waals surface area contributed by atoms with E-state index in [2.05, 4.69) is 6.07 Å². The zero-order chi connectivity index (χ0) is 17.6. The van der Waals surface area contributed by atoms with E-state index in [4.69, 9.17) is 0 Å². The summed E-state index contributed by atoms with van der Waals surface area (Å²) in [6.07, 6.45) is 0. The third-order valence-electron chi connectivity index (χ3n) is 4.51. The van der Waals surface area contributed by atoms with Gasteiger partial charge in [-0.25, -0.2) is 4.68 Å². The van der Waals surface area contributed by atoms with Gasteiger partial charge in [-0.2, -0.15) is 0 Å². The van der Waals surface area contributed by atoms with Crippen LogP contribution in [0.2, 0.25) is 0 Å². The van der Waals surface area contributed by atoms with Gasteiger partial charge in [0.25, 0.3) is 11.2 Å². The van der Waals surface area contributed by atoms with Crippen LogP contribution in [0.1, 0.15) is 5.56 Å². The number of rotatable bonds is 3. The topological polar surface area (TPSA) is 70.1 Å². The van der Waals surface area contributed by atoms with Crippen molar-refractivity contribution in [3.63, 3.8) is 0 Å². The lowest BCUT2D eigenvalue weighted by Gasteiger charge is -2.09. The van der Waals surface area contributed by atoms with Crippen LogP contribution in [0.5, 0.6) is 0 Å². The van der Waals surface area contributed by atoms with Crippen molar-refractivity contribution in [2.24, 2.45) is 7.05 Å². The van der Waals surface area contributed by atoms with Crippen molar-refractivity contribution in [2.45, 2.75) is 6.54 Å². The van der Waals surface area contributed by atoms with Gasteiger partial charge in [0, 0.05) is 19.2 Å². The molecule has 0 aliphatic rings. The molecule has 0 unspecified atom stereocenters. The molecule has 0 radical (unpaired) electrons. The number of hydrogen-bond donors (Lipinski definition) is 0. The first-order valence-electron chi connectivity index (χ1n) is 7.86. The summed E-state index contributed by atoms with van der Waals surface area (Å²) in [4.78, 5) is 23.2. The van der Waals surface area contributed by atoms with Gasteiger partial charge in [0.15, 0.2) is 0 Å². The van der Waals surface area contributed by atoms with Gasteiger partial charge in [0.2, 0.25) is 0 Å². The molecule has 6 nitrogen and oxygen atoms in total. The Morgan fingerprint density at radius 3 is 2.52 bits per heavy atom. The van der Waals surface area contributed by atoms with Gasteiger partial charge in [-0.1, -0.05) is 36.4 Å². The Bertz CT molecular complexity index is 1190. The van der Waals surface area contributed by atoms with E-state index in [0.717, 1.165) is 16.3 Å². The molecule has 25 heavy (non-hydrogen) atoms. The second-order valence-electron chi connectivity index (χ2n) is 6.03. The summed E-state index contributed by atoms with van der Waals surface area (Å²) < 4.78 is 3.34. The highest BCUT2D eigenvalue weighted by Crippen LogP contribution is 2.20. The number of nitro groups is 1. The van der Waals surface area contributed by atoms with E-state index in [9.17, 15) is 14.9 Å². The molecule has 0 aliphatic heterocycles. The highest BCUT2D eigenvalue weighted by molar-refractivity contribution is 5.83. The lowest BCUT2D eigenvalue weighted by Crippen LogP contribution is -2.22. The minimum Gasteiger partial charge on any atom is -0.285 e. The predicted octanol–water partition coefficient (Wildman–Crippen LogP) is 3.45. The Hall–Kier alpha value is -3.41. The molecule has 0 fully saturated rings. The minimum atomic E-state index is -0.487. The zero-order valence-electron chi connectivity index (χ0n) is 13.5. The number of hydrogen-bond acceptors (Lipinski definition) is 3. The molecule has 1 aromatic heterocycles. The first-order chi connectivity index (χ1) is 12.0. The Morgan fingerprint density at radius 1 is 1.00 bits per heavy atom. The van der Waals surface area contributed by atoms with E-state index in [0.29, 0.717) is 17.4 Å².